The Kier molecular flexibility index (Phi) is 4.72. The Hall–Kier alpha value is -1.39. The van der Waals surface area contributed by atoms with Crippen LogP contribution in [0.3, 0.4) is 0 Å². The van der Waals surface area contributed by atoms with Crippen molar-refractivity contribution in [3.05, 3.63) is 22.4 Å². The molecule has 0 aromatic carbocycles. The minimum absolute atomic E-state index is 0.0279. The molecule has 0 aromatic rings. The molecule has 0 saturated heterocycles. The third-order valence-electron chi connectivity index (χ3n) is 1.36. The molecule has 5 heteroatoms. The summed E-state index contributed by atoms with van der Waals surface area (Å²) in [5, 5.41) is 9.99. The molecule has 5 nitrogen and oxygen atoms in total. The molecule has 0 aliphatic heterocycles. The highest BCUT2D eigenvalue weighted by Crippen LogP contribution is 2.08. The fraction of sp³-hybridized carbons (Fsp3) is 0.625. The molecule has 0 saturated carbocycles. The minimum Gasteiger partial charge on any atom is -0.458 e. The number of nitro groups is 1. The number of esters is 1. The van der Waals surface area contributed by atoms with Crippen molar-refractivity contribution in [2.75, 3.05) is 0 Å². The van der Waals surface area contributed by atoms with Gasteiger partial charge in [0.05, 0.1) is 4.92 Å². The van der Waals surface area contributed by atoms with Gasteiger partial charge in [-0.2, -0.15) is 0 Å². The van der Waals surface area contributed by atoms with Crippen LogP contribution in [0.4, 0.5) is 0 Å². The van der Waals surface area contributed by atoms with Gasteiger partial charge in [0.1, 0.15) is 6.10 Å². The third kappa shape index (κ3) is 5.84. The first-order valence-corrected chi connectivity index (χ1v) is 3.92. The van der Waals surface area contributed by atoms with Crippen LogP contribution < -0.4 is 0 Å². The molecule has 74 valence electrons. The van der Waals surface area contributed by atoms with E-state index in [4.69, 9.17) is 4.74 Å². The van der Waals surface area contributed by atoms with Crippen LogP contribution in [-0.4, -0.2) is 17.0 Å². The van der Waals surface area contributed by atoms with Gasteiger partial charge < -0.3 is 4.74 Å². The fourth-order valence-corrected chi connectivity index (χ4v) is 0.744. The summed E-state index contributed by atoms with van der Waals surface area (Å²) in [5.74, 6) is -0.410. The first kappa shape index (κ1) is 11.6. The zero-order chi connectivity index (χ0) is 10.4. The monoisotopic (exact) mass is 187 g/mol. The van der Waals surface area contributed by atoms with Crippen LogP contribution in [0.5, 0.6) is 0 Å². The maximum absolute atomic E-state index is 10.6. The third-order valence-corrected chi connectivity index (χ3v) is 1.36. The molecular weight excluding hydrogens is 174 g/mol. The molecule has 0 amide bonds. The van der Waals surface area contributed by atoms with Crippen molar-refractivity contribution in [1.29, 1.82) is 0 Å². The highest BCUT2D eigenvalue weighted by atomic mass is 16.6. The van der Waals surface area contributed by atoms with E-state index in [1.54, 1.807) is 0 Å². The summed E-state index contributed by atoms with van der Waals surface area (Å²) >= 11 is 0. The van der Waals surface area contributed by atoms with Gasteiger partial charge in [-0.1, -0.05) is 13.8 Å². The molecule has 1 unspecified atom stereocenters. The SMILES string of the molecule is CC(=O)OC(/C=C/[N+](=O)[O-])C(C)C. The number of rotatable bonds is 4. The number of carbonyl (C=O) groups is 1. The highest BCUT2D eigenvalue weighted by Gasteiger charge is 2.13. The van der Waals surface area contributed by atoms with Crippen molar-refractivity contribution in [3.63, 3.8) is 0 Å². The second kappa shape index (κ2) is 5.29. The van der Waals surface area contributed by atoms with Gasteiger partial charge >= 0.3 is 5.97 Å². The molecule has 0 aliphatic carbocycles. The summed E-state index contributed by atoms with van der Waals surface area (Å²) in [6.45, 7) is 4.91. The number of ether oxygens (including phenoxy) is 1. The van der Waals surface area contributed by atoms with Crippen LogP contribution in [0.25, 0.3) is 0 Å². The topological polar surface area (TPSA) is 69.4 Å². The standard InChI is InChI=1S/C8H13NO4/c1-6(2)8(13-7(3)10)4-5-9(11)12/h4-6,8H,1-3H3/b5-4+. The maximum atomic E-state index is 10.6. The largest absolute Gasteiger partial charge is 0.458 e. The van der Waals surface area contributed by atoms with Gasteiger partial charge in [-0.15, -0.1) is 0 Å². The second-order valence-electron chi connectivity index (χ2n) is 2.94. The van der Waals surface area contributed by atoms with E-state index in [9.17, 15) is 14.9 Å². The van der Waals surface area contributed by atoms with E-state index in [1.165, 1.54) is 13.0 Å². The van der Waals surface area contributed by atoms with Crippen LogP contribution in [-0.2, 0) is 9.53 Å². The number of hydrogen-bond acceptors (Lipinski definition) is 4. The van der Waals surface area contributed by atoms with Crippen molar-refractivity contribution in [3.8, 4) is 0 Å². The Morgan fingerprint density at radius 2 is 2.08 bits per heavy atom. The summed E-state index contributed by atoms with van der Waals surface area (Å²) in [4.78, 5) is 20.0. The Morgan fingerprint density at radius 3 is 2.38 bits per heavy atom. The Labute approximate surface area is 76.5 Å². The van der Waals surface area contributed by atoms with Gasteiger partial charge in [0, 0.05) is 13.0 Å². The summed E-state index contributed by atoms with van der Waals surface area (Å²) < 4.78 is 4.83. The number of carbonyl (C=O) groups excluding carboxylic acids is 1. The maximum Gasteiger partial charge on any atom is 0.303 e. The molecule has 13 heavy (non-hydrogen) atoms. The predicted octanol–water partition coefficient (Wildman–Crippen LogP) is 1.36. The van der Waals surface area contributed by atoms with E-state index < -0.39 is 17.0 Å². The van der Waals surface area contributed by atoms with Crippen molar-refractivity contribution >= 4 is 5.97 Å². The van der Waals surface area contributed by atoms with E-state index in [0.717, 1.165) is 6.20 Å². The first-order chi connectivity index (χ1) is 5.93. The number of hydrogen-bond donors (Lipinski definition) is 0. The smallest absolute Gasteiger partial charge is 0.303 e. The van der Waals surface area contributed by atoms with Gasteiger partial charge in [0.15, 0.2) is 0 Å². The Bertz CT molecular complexity index is 222. The van der Waals surface area contributed by atoms with Crippen LogP contribution in [0, 0.1) is 16.0 Å². The van der Waals surface area contributed by atoms with Gasteiger partial charge in [-0.3, -0.25) is 14.9 Å². The molecular formula is C8H13NO4. The van der Waals surface area contributed by atoms with Crippen molar-refractivity contribution in [2.24, 2.45) is 5.92 Å². The molecule has 0 aromatic heterocycles. The second-order valence-corrected chi connectivity index (χ2v) is 2.94. The lowest BCUT2D eigenvalue weighted by molar-refractivity contribution is -0.403. The zero-order valence-corrected chi connectivity index (χ0v) is 7.89. The molecule has 1 atom stereocenters. The van der Waals surface area contributed by atoms with Gasteiger partial charge in [-0.05, 0) is 5.92 Å². The lowest BCUT2D eigenvalue weighted by Crippen LogP contribution is -2.20. The lowest BCUT2D eigenvalue weighted by Gasteiger charge is -2.15. The normalized spacial score (nSPS) is 13.2. The van der Waals surface area contributed by atoms with Crippen molar-refractivity contribution in [2.45, 2.75) is 26.9 Å². The van der Waals surface area contributed by atoms with E-state index in [-0.39, 0.29) is 5.92 Å². The molecule has 0 bridgehead atoms. The molecule has 0 spiro atoms. The molecule has 0 radical (unpaired) electrons. The van der Waals surface area contributed by atoms with E-state index in [2.05, 4.69) is 0 Å². The first-order valence-electron chi connectivity index (χ1n) is 3.92. The summed E-state index contributed by atoms with van der Waals surface area (Å²) in [6, 6.07) is 0. The van der Waals surface area contributed by atoms with Crippen LogP contribution in [0.15, 0.2) is 12.3 Å². The molecule has 0 rings (SSSR count). The lowest BCUT2D eigenvalue weighted by atomic mass is 10.1. The summed E-state index contributed by atoms with van der Waals surface area (Å²) in [5.41, 5.74) is 0. The number of nitrogens with zero attached hydrogens (tertiary/aromatic N) is 1. The van der Waals surface area contributed by atoms with Crippen molar-refractivity contribution in [1.82, 2.24) is 0 Å². The van der Waals surface area contributed by atoms with E-state index in [0.29, 0.717) is 0 Å². The van der Waals surface area contributed by atoms with Crippen LogP contribution in [0.1, 0.15) is 20.8 Å². The van der Waals surface area contributed by atoms with Gasteiger partial charge in [-0.25, -0.2) is 0 Å². The van der Waals surface area contributed by atoms with Crippen molar-refractivity contribution < 1.29 is 14.5 Å². The fourth-order valence-electron chi connectivity index (χ4n) is 0.744. The molecule has 0 fully saturated rings. The Morgan fingerprint density at radius 1 is 1.54 bits per heavy atom. The highest BCUT2D eigenvalue weighted by molar-refractivity contribution is 5.66. The van der Waals surface area contributed by atoms with Crippen LogP contribution in [0.2, 0.25) is 0 Å². The average molecular weight is 187 g/mol. The van der Waals surface area contributed by atoms with Gasteiger partial charge in [0.2, 0.25) is 6.20 Å². The van der Waals surface area contributed by atoms with Gasteiger partial charge in [0.25, 0.3) is 0 Å². The quantitative estimate of drug-likeness (QED) is 0.378. The van der Waals surface area contributed by atoms with Crippen LogP contribution >= 0.6 is 0 Å². The summed E-state index contributed by atoms with van der Waals surface area (Å²) in [6.07, 6.45) is 1.53. The average Bonchev–Trinajstić information content (AvgIpc) is 1.96. The summed E-state index contributed by atoms with van der Waals surface area (Å²) in [7, 11) is 0. The predicted molar refractivity (Wildman–Crippen MR) is 46.5 cm³/mol. The Balaban J connectivity index is 4.26. The molecule has 0 N–H and O–H groups in total. The molecule has 0 aliphatic rings. The van der Waals surface area contributed by atoms with E-state index in [1.807, 2.05) is 13.8 Å². The minimum atomic E-state index is -0.584. The molecule has 0 heterocycles. The van der Waals surface area contributed by atoms with E-state index >= 15 is 0 Å². The zero-order valence-electron chi connectivity index (χ0n) is 7.89.